The van der Waals surface area contributed by atoms with Crippen molar-refractivity contribution in [3.05, 3.63) is 29.2 Å². The Labute approximate surface area is 284 Å². The number of anilines is 1. The van der Waals surface area contributed by atoms with Gasteiger partial charge in [-0.2, -0.15) is 0 Å². The third kappa shape index (κ3) is 12.9. The van der Waals surface area contributed by atoms with Crippen molar-refractivity contribution in [1.29, 1.82) is 0 Å². The van der Waals surface area contributed by atoms with Crippen molar-refractivity contribution in [2.45, 2.75) is 46.1 Å². The molecule has 1 aromatic heterocycles. The molecular formula is C33H53N9O6. The molecule has 3 heterocycles. The fourth-order valence-electron chi connectivity index (χ4n) is 5.11. The zero-order valence-corrected chi connectivity index (χ0v) is 29.3. The summed E-state index contributed by atoms with van der Waals surface area (Å²) in [5.74, 6) is 0.194. The van der Waals surface area contributed by atoms with E-state index in [-0.39, 0.29) is 12.0 Å². The SMILES string of the molecule is C=NC1=C(C=NCCN(CCNC)C(=O)CCOCCN2CCN(c3ncc(C(=O)OCC)cn3)CC2)CN(C(=O)OC(C)(C)C)CC1. The Kier molecular flexibility index (Phi) is 15.9. The Morgan fingerprint density at radius 2 is 1.81 bits per heavy atom. The Morgan fingerprint density at radius 1 is 1.08 bits per heavy atom. The molecule has 3 rings (SSSR count). The quantitative estimate of drug-likeness (QED) is 0.147. The van der Waals surface area contributed by atoms with Gasteiger partial charge in [0.15, 0.2) is 0 Å². The van der Waals surface area contributed by atoms with Crippen molar-refractivity contribution in [1.82, 2.24) is 30.0 Å². The Bertz CT molecular complexity index is 1260. The summed E-state index contributed by atoms with van der Waals surface area (Å²) in [5, 5.41) is 3.10. The molecule has 15 heteroatoms. The van der Waals surface area contributed by atoms with E-state index in [4.69, 9.17) is 14.2 Å². The van der Waals surface area contributed by atoms with E-state index in [9.17, 15) is 14.4 Å². The van der Waals surface area contributed by atoms with Gasteiger partial charge < -0.3 is 34.2 Å². The second kappa shape index (κ2) is 19.8. The summed E-state index contributed by atoms with van der Waals surface area (Å²) in [6, 6.07) is 0. The predicted molar refractivity (Wildman–Crippen MR) is 185 cm³/mol. The molecule has 0 aromatic carbocycles. The summed E-state index contributed by atoms with van der Waals surface area (Å²) in [7, 11) is 1.86. The molecule has 1 saturated heterocycles. The Hall–Kier alpha value is -3.95. The number of amides is 2. The molecule has 15 nitrogen and oxygen atoms in total. The molecule has 0 bridgehead atoms. The summed E-state index contributed by atoms with van der Waals surface area (Å²) < 4.78 is 16.3. The predicted octanol–water partition coefficient (Wildman–Crippen LogP) is 1.90. The smallest absolute Gasteiger partial charge is 0.410 e. The number of esters is 1. The summed E-state index contributed by atoms with van der Waals surface area (Å²) in [6.07, 6.45) is 5.25. The average Bonchev–Trinajstić information content (AvgIpc) is 3.07. The van der Waals surface area contributed by atoms with Gasteiger partial charge in [0.2, 0.25) is 11.9 Å². The van der Waals surface area contributed by atoms with Crippen molar-refractivity contribution < 1.29 is 28.6 Å². The van der Waals surface area contributed by atoms with Crippen LogP contribution in [0, 0.1) is 0 Å². The molecule has 1 aromatic rings. The number of nitrogens with one attached hydrogen (secondary N) is 1. The second-order valence-corrected chi connectivity index (χ2v) is 12.5. The lowest BCUT2D eigenvalue weighted by molar-refractivity contribution is -0.132. The molecule has 48 heavy (non-hydrogen) atoms. The molecule has 2 aliphatic rings. The van der Waals surface area contributed by atoms with E-state index in [1.165, 1.54) is 12.4 Å². The number of carbonyl (C=O) groups is 3. The number of ether oxygens (including phenoxy) is 3. The highest BCUT2D eigenvalue weighted by molar-refractivity contribution is 5.88. The number of hydrogen-bond donors (Lipinski definition) is 1. The normalized spacial score (nSPS) is 15.9. The van der Waals surface area contributed by atoms with Gasteiger partial charge in [-0.15, -0.1) is 0 Å². The maximum absolute atomic E-state index is 13.0. The monoisotopic (exact) mass is 671 g/mol. The first-order valence-corrected chi connectivity index (χ1v) is 16.7. The van der Waals surface area contributed by atoms with Crippen molar-refractivity contribution in [3.63, 3.8) is 0 Å². The molecule has 1 N–H and O–H groups in total. The zero-order chi connectivity index (χ0) is 34.9. The minimum absolute atomic E-state index is 0.0180. The maximum Gasteiger partial charge on any atom is 0.410 e. The van der Waals surface area contributed by atoms with E-state index in [0.29, 0.717) is 83.4 Å². The fraction of sp³-hybridized carbons (Fsp3) is 0.667. The highest BCUT2D eigenvalue weighted by Gasteiger charge is 2.26. The molecule has 266 valence electrons. The zero-order valence-electron chi connectivity index (χ0n) is 29.3. The van der Waals surface area contributed by atoms with Gasteiger partial charge in [0, 0.05) is 95.2 Å². The number of piperazine rings is 1. The standard InChI is InChI=1S/C33H53N9O6/c1-7-47-30(44)26-23-37-31(38-24-26)41-17-15-39(16-18-41)19-21-46-20-9-29(43)40(13-10-34-5)14-11-36-22-27-25-42(12-8-28(27)35-6)32(45)48-33(2,3)4/h22-24,34H,6-21,25H2,1-5H3. The van der Waals surface area contributed by atoms with Gasteiger partial charge in [0.1, 0.15) is 5.60 Å². The van der Waals surface area contributed by atoms with E-state index in [1.807, 2.05) is 27.8 Å². The molecule has 2 amide bonds. The Morgan fingerprint density at radius 3 is 2.46 bits per heavy atom. The van der Waals surface area contributed by atoms with E-state index >= 15 is 0 Å². The summed E-state index contributed by atoms with van der Waals surface area (Å²) in [4.78, 5) is 62.6. The van der Waals surface area contributed by atoms with Crippen LogP contribution in [0.5, 0.6) is 0 Å². The van der Waals surface area contributed by atoms with Crippen LogP contribution in [0.15, 0.2) is 33.6 Å². The molecule has 2 aliphatic heterocycles. The summed E-state index contributed by atoms with van der Waals surface area (Å²) in [5.41, 5.74) is 1.41. The van der Waals surface area contributed by atoms with E-state index in [1.54, 1.807) is 22.9 Å². The van der Waals surface area contributed by atoms with Crippen LogP contribution in [0.2, 0.25) is 0 Å². The molecule has 0 unspecified atom stereocenters. The third-order valence-corrected chi connectivity index (χ3v) is 7.74. The van der Waals surface area contributed by atoms with Crippen LogP contribution in [0.4, 0.5) is 10.7 Å². The highest BCUT2D eigenvalue weighted by atomic mass is 16.6. The molecule has 0 saturated carbocycles. The summed E-state index contributed by atoms with van der Waals surface area (Å²) >= 11 is 0. The number of hydrogen-bond acceptors (Lipinski definition) is 13. The average molecular weight is 672 g/mol. The molecular weight excluding hydrogens is 618 g/mol. The van der Waals surface area contributed by atoms with Crippen molar-refractivity contribution in [2.24, 2.45) is 9.98 Å². The molecule has 1 fully saturated rings. The first kappa shape index (κ1) is 38.5. The first-order valence-electron chi connectivity index (χ1n) is 16.7. The van der Waals surface area contributed by atoms with Gasteiger partial charge in [-0.05, 0) is 41.5 Å². The van der Waals surface area contributed by atoms with E-state index in [2.05, 4.69) is 41.8 Å². The number of carbonyl (C=O) groups excluding carboxylic acids is 3. The van der Waals surface area contributed by atoms with E-state index < -0.39 is 11.6 Å². The van der Waals surface area contributed by atoms with Crippen LogP contribution in [-0.4, -0.2) is 160 Å². The van der Waals surface area contributed by atoms with Crippen LogP contribution >= 0.6 is 0 Å². The van der Waals surface area contributed by atoms with Crippen molar-refractivity contribution in [2.75, 3.05) is 104 Å². The van der Waals surface area contributed by atoms with E-state index in [0.717, 1.165) is 44.0 Å². The van der Waals surface area contributed by atoms with Crippen molar-refractivity contribution >= 4 is 36.9 Å². The lowest BCUT2D eigenvalue weighted by Gasteiger charge is -2.34. The number of likely N-dealkylation sites (N-methyl/N-ethyl adjacent to an activating group) is 1. The summed E-state index contributed by atoms with van der Waals surface area (Å²) in [6.45, 7) is 19.1. The van der Waals surface area contributed by atoms with Crippen molar-refractivity contribution in [3.8, 4) is 0 Å². The Balaban J connectivity index is 1.37. The van der Waals surface area contributed by atoms with Crippen LogP contribution in [0.3, 0.4) is 0 Å². The molecule has 0 radical (unpaired) electrons. The number of aliphatic imine (C=N–C) groups is 2. The van der Waals surface area contributed by atoms with Gasteiger partial charge in [-0.1, -0.05) is 0 Å². The maximum atomic E-state index is 13.0. The minimum atomic E-state index is -0.573. The molecule has 0 atom stereocenters. The number of nitrogens with zero attached hydrogens (tertiary/aromatic N) is 8. The van der Waals surface area contributed by atoms with Gasteiger partial charge in [-0.25, -0.2) is 19.6 Å². The van der Waals surface area contributed by atoms with Crippen LogP contribution in [0.25, 0.3) is 0 Å². The largest absolute Gasteiger partial charge is 0.462 e. The topological polar surface area (TPSA) is 154 Å². The van der Waals surface area contributed by atoms with Crippen LogP contribution in [-0.2, 0) is 19.0 Å². The van der Waals surface area contributed by atoms with Gasteiger partial charge in [-0.3, -0.25) is 19.7 Å². The van der Waals surface area contributed by atoms with Crippen LogP contribution in [0.1, 0.15) is 50.9 Å². The first-order chi connectivity index (χ1) is 23.0. The third-order valence-electron chi connectivity index (χ3n) is 7.74. The lowest BCUT2D eigenvalue weighted by Crippen LogP contribution is -2.48. The van der Waals surface area contributed by atoms with Gasteiger partial charge >= 0.3 is 12.1 Å². The molecule has 0 spiro atoms. The number of aromatic nitrogens is 2. The molecule has 0 aliphatic carbocycles. The highest BCUT2D eigenvalue weighted by Crippen LogP contribution is 2.20. The second-order valence-electron chi connectivity index (χ2n) is 12.5. The van der Waals surface area contributed by atoms with Crippen LogP contribution < -0.4 is 10.2 Å². The lowest BCUT2D eigenvalue weighted by atomic mass is 10.1. The fourth-order valence-corrected chi connectivity index (χ4v) is 5.11. The van der Waals surface area contributed by atoms with Gasteiger partial charge in [0.05, 0.1) is 44.9 Å². The minimum Gasteiger partial charge on any atom is -0.462 e. The number of rotatable bonds is 17. The van der Waals surface area contributed by atoms with Gasteiger partial charge in [0.25, 0.3) is 0 Å².